The minimum Gasteiger partial charge on any atom is -0.231 e. The molecule has 0 N–H and O–H groups in total. The standard InChI is InChI=1S/C13H10BrN5/c1-9-11(14)7-8-12(15-9)19-17-13(16-18-19)10-5-3-2-4-6-10/h2-8H,1H3. The van der Waals surface area contributed by atoms with E-state index < -0.39 is 0 Å². The Bertz CT molecular complexity index is 708. The second kappa shape index (κ2) is 4.89. The molecule has 94 valence electrons. The van der Waals surface area contributed by atoms with E-state index in [1.807, 2.05) is 49.4 Å². The maximum atomic E-state index is 4.40. The summed E-state index contributed by atoms with van der Waals surface area (Å²) in [6, 6.07) is 13.5. The number of tetrazole rings is 1. The Hall–Kier alpha value is -2.08. The van der Waals surface area contributed by atoms with Crippen molar-refractivity contribution in [3.63, 3.8) is 0 Å². The molecule has 0 aliphatic carbocycles. The van der Waals surface area contributed by atoms with Gasteiger partial charge in [0.15, 0.2) is 5.82 Å². The second-order valence-electron chi connectivity index (χ2n) is 4.01. The molecule has 0 atom stereocenters. The van der Waals surface area contributed by atoms with Crippen molar-refractivity contribution in [2.75, 3.05) is 0 Å². The van der Waals surface area contributed by atoms with Crippen LogP contribution < -0.4 is 0 Å². The highest BCUT2D eigenvalue weighted by Crippen LogP contribution is 2.16. The molecule has 0 unspecified atom stereocenters. The molecule has 19 heavy (non-hydrogen) atoms. The van der Waals surface area contributed by atoms with Gasteiger partial charge in [0.25, 0.3) is 0 Å². The van der Waals surface area contributed by atoms with Gasteiger partial charge in [0.2, 0.25) is 5.82 Å². The maximum Gasteiger partial charge on any atom is 0.205 e. The molecular weight excluding hydrogens is 306 g/mol. The molecule has 2 aromatic heterocycles. The van der Waals surface area contributed by atoms with Gasteiger partial charge in [0.05, 0.1) is 5.69 Å². The molecule has 0 spiro atoms. The average molecular weight is 316 g/mol. The Kier molecular flexibility index (Phi) is 3.08. The molecule has 2 heterocycles. The van der Waals surface area contributed by atoms with E-state index in [-0.39, 0.29) is 0 Å². The Balaban J connectivity index is 1.99. The van der Waals surface area contributed by atoms with Crippen molar-refractivity contribution in [2.24, 2.45) is 0 Å². The van der Waals surface area contributed by atoms with Crippen molar-refractivity contribution in [3.05, 3.63) is 52.6 Å². The molecule has 0 fully saturated rings. The summed E-state index contributed by atoms with van der Waals surface area (Å²) in [7, 11) is 0. The molecule has 0 amide bonds. The van der Waals surface area contributed by atoms with Crippen molar-refractivity contribution in [3.8, 4) is 17.2 Å². The van der Waals surface area contributed by atoms with Gasteiger partial charge in [-0.05, 0) is 40.2 Å². The van der Waals surface area contributed by atoms with Gasteiger partial charge < -0.3 is 0 Å². The minimum atomic E-state index is 0.586. The largest absolute Gasteiger partial charge is 0.231 e. The summed E-state index contributed by atoms with van der Waals surface area (Å²) in [6.45, 7) is 1.92. The van der Waals surface area contributed by atoms with Crippen LogP contribution in [0.4, 0.5) is 0 Å². The van der Waals surface area contributed by atoms with Crippen LogP contribution >= 0.6 is 15.9 Å². The van der Waals surface area contributed by atoms with Gasteiger partial charge in [-0.1, -0.05) is 30.3 Å². The predicted molar refractivity (Wildman–Crippen MR) is 74.8 cm³/mol. The third-order valence-electron chi connectivity index (χ3n) is 2.66. The van der Waals surface area contributed by atoms with E-state index in [1.54, 1.807) is 0 Å². The Labute approximate surface area is 118 Å². The number of pyridine rings is 1. The van der Waals surface area contributed by atoms with Gasteiger partial charge in [0.1, 0.15) is 0 Å². The molecular formula is C13H10BrN5. The molecule has 0 aliphatic rings. The quantitative estimate of drug-likeness (QED) is 0.729. The summed E-state index contributed by atoms with van der Waals surface area (Å²) in [4.78, 5) is 5.83. The molecule has 0 aliphatic heterocycles. The summed E-state index contributed by atoms with van der Waals surface area (Å²) in [5.74, 6) is 1.23. The fourth-order valence-corrected chi connectivity index (χ4v) is 1.88. The van der Waals surface area contributed by atoms with E-state index in [0.29, 0.717) is 11.6 Å². The highest BCUT2D eigenvalue weighted by molar-refractivity contribution is 9.10. The van der Waals surface area contributed by atoms with Crippen molar-refractivity contribution in [1.29, 1.82) is 0 Å². The first kappa shape index (κ1) is 12.0. The van der Waals surface area contributed by atoms with Crippen LogP contribution in [0.25, 0.3) is 17.2 Å². The number of hydrogen-bond acceptors (Lipinski definition) is 4. The van der Waals surface area contributed by atoms with Crippen LogP contribution in [0.1, 0.15) is 5.69 Å². The normalized spacial score (nSPS) is 10.6. The third-order valence-corrected chi connectivity index (χ3v) is 3.50. The molecule has 3 rings (SSSR count). The zero-order valence-corrected chi connectivity index (χ0v) is 11.7. The van der Waals surface area contributed by atoms with Crippen LogP contribution in [0, 0.1) is 6.92 Å². The summed E-state index contributed by atoms with van der Waals surface area (Å²) >= 11 is 3.42. The summed E-state index contributed by atoms with van der Waals surface area (Å²) in [6.07, 6.45) is 0. The van der Waals surface area contributed by atoms with Crippen LogP contribution in [0.15, 0.2) is 46.9 Å². The van der Waals surface area contributed by atoms with Crippen molar-refractivity contribution in [1.82, 2.24) is 25.2 Å². The van der Waals surface area contributed by atoms with E-state index in [2.05, 4.69) is 36.3 Å². The summed E-state index contributed by atoms with van der Waals surface area (Å²) in [5, 5.41) is 12.4. The zero-order chi connectivity index (χ0) is 13.2. The lowest BCUT2D eigenvalue weighted by Gasteiger charge is -2.00. The first-order chi connectivity index (χ1) is 9.24. The Morgan fingerprint density at radius 3 is 2.58 bits per heavy atom. The molecule has 0 bridgehead atoms. The molecule has 0 saturated carbocycles. The van der Waals surface area contributed by atoms with Gasteiger partial charge in [-0.3, -0.25) is 0 Å². The first-order valence-corrected chi connectivity index (χ1v) is 6.52. The van der Waals surface area contributed by atoms with Crippen LogP contribution in [0.5, 0.6) is 0 Å². The minimum absolute atomic E-state index is 0.586. The summed E-state index contributed by atoms with van der Waals surface area (Å²) < 4.78 is 0.958. The predicted octanol–water partition coefficient (Wildman–Crippen LogP) is 2.80. The lowest BCUT2D eigenvalue weighted by atomic mass is 10.2. The third kappa shape index (κ3) is 2.39. The number of nitrogens with zero attached hydrogens (tertiary/aromatic N) is 5. The Morgan fingerprint density at radius 2 is 1.84 bits per heavy atom. The smallest absolute Gasteiger partial charge is 0.205 e. The fraction of sp³-hybridized carbons (Fsp3) is 0.0769. The molecule has 6 heteroatoms. The van der Waals surface area contributed by atoms with Crippen LogP contribution in [-0.4, -0.2) is 25.2 Å². The van der Waals surface area contributed by atoms with Crippen molar-refractivity contribution >= 4 is 15.9 Å². The van der Waals surface area contributed by atoms with Gasteiger partial charge in [0, 0.05) is 10.0 Å². The number of aromatic nitrogens is 5. The number of rotatable bonds is 2. The van der Waals surface area contributed by atoms with E-state index >= 15 is 0 Å². The lowest BCUT2D eigenvalue weighted by Crippen LogP contribution is -2.03. The fourth-order valence-electron chi connectivity index (χ4n) is 1.66. The van der Waals surface area contributed by atoms with Gasteiger partial charge in [-0.25, -0.2) is 4.98 Å². The highest BCUT2D eigenvalue weighted by atomic mass is 79.9. The molecule has 5 nitrogen and oxygen atoms in total. The topological polar surface area (TPSA) is 56.5 Å². The van der Waals surface area contributed by atoms with Gasteiger partial charge >= 0.3 is 0 Å². The van der Waals surface area contributed by atoms with E-state index in [9.17, 15) is 0 Å². The summed E-state index contributed by atoms with van der Waals surface area (Å²) in [5.41, 5.74) is 1.82. The first-order valence-electron chi connectivity index (χ1n) is 5.73. The van der Waals surface area contributed by atoms with E-state index in [0.717, 1.165) is 15.7 Å². The SMILES string of the molecule is Cc1nc(-n2nnc(-c3ccccc3)n2)ccc1Br. The monoisotopic (exact) mass is 315 g/mol. The molecule has 1 aromatic carbocycles. The molecule has 3 aromatic rings. The number of benzene rings is 1. The number of aryl methyl sites for hydroxylation is 1. The van der Waals surface area contributed by atoms with Crippen molar-refractivity contribution < 1.29 is 0 Å². The second-order valence-corrected chi connectivity index (χ2v) is 4.86. The van der Waals surface area contributed by atoms with Crippen LogP contribution in [-0.2, 0) is 0 Å². The average Bonchev–Trinajstić information content (AvgIpc) is 2.93. The van der Waals surface area contributed by atoms with Gasteiger partial charge in [-0.2, -0.15) is 0 Å². The van der Waals surface area contributed by atoms with E-state index in [4.69, 9.17) is 0 Å². The highest BCUT2D eigenvalue weighted by Gasteiger charge is 2.08. The van der Waals surface area contributed by atoms with Gasteiger partial charge in [-0.15, -0.1) is 15.0 Å². The molecule has 0 radical (unpaired) electrons. The van der Waals surface area contributed by atoms with E-state index in [1.165, 1.54) is 4.80 Å². The number of halogens is 1. The van der Waals surface area contributed by atoms with Crippen LogP contribution in [0.2, 0.25) is 0 Å². The molecule has 0 saturated heterocycles. The van der Waals surface area contributed by atoms with Crippen LogP contribution in [0.3, 0.4) is 0 Å². The Morgan fingerprint density at radius 1 is 1.05 bits per heavy atom. The van der Waals surface area contributed by atoms with Crippen molar-refractivity contribution in [2.45, 2.75) is 6.92 Å². The number of hydrogen-bond donors (Lipinski definition) is 0. The zero-order valence-electron chi connectivity index (χ0n) is 10.2. The lowest BCUT2D eigenvalue weighted by molar-refractivity contribution is 0.698. The maximum absolute atomic E-state index is 4.40.